The van der Waals surface area contributed by atoms with Crippen molar-refractivity contribution in [3.8, 4) is 22.6 Å². The third-order valence-corrected chi connectivity index (χ3v) is 2.75. The van der Waals surface area contributed by atoms with Crippen LogP contribution in [0.25, 0.3) is 11.1 Å². The van der Waals surface area contributed by atoms with Gasteiger partial charge in [0.15, 0.2) is 11.5 Å². The lowest BCUT2D eigenvalue weighted by Gasteiger charge is -2.12. The minimum atomic E-state index is -1.07. The number of ether oxygens (including phenoxy) is 2. The summed E-state index contributed by atoms with van der Waals surface area (Å²) in [5.41, 5.74) is 1.58. The Labute approximate surface area is 110 Å². The van der Waals surface area contributed by atoms with Crippen LogP contribution in [0.4, 0.5) is 0 Å². The highest BCUT2D eigenvalue weighted by molar-refractivity contribution is 5.94. The van der Waals surface area contributed by atoms with E-state index in [1.54, 1.807) is 36.3 Å². The maximum atomic E-state index is 11.3. The molecular formula is C13H14N2O4. The predicted molar refractivity (Wildman–Crippen MR) is 68.7 cm³/mol. The van der Waals surface area contributed by atoms with Gasteiger partial charge in [0.25, 0.3) is 0 Å². The van der Waals surface area contributed by atoms with Gasteiger partial charge in [-0.1, -0.05) is 0 Å². The van der Waals surface area contributed by atoms with Crippen molar-refractivity contribution in [1.29, 1.82) is 0 Å². The van der Waals surface area contributed by atoms with E-state index in [1.165, 1.54) is 14.2 Å². The Bertz CT molecular complexity index is 619. The number of hydrogen-bond acceptors (Lipinski definition) is 4. The monoisotopic (exact) mass is 262 g/mol. The lowest BCUT2D eigenvalue weighted by molar-refractivity contribution is 0.0692. The highest BCUT2D eigenvalue weighted by atomic mass is 16.5. The molecule has 0 bridgehead atoms. The summed E-state index contributed by atoms with van der Waals surface area (Å²) in [6.45, 7) is 0. The molecule has 0 saturated heterocycles. The van der Waals surface area contributed by atoms with Crippen molar-refractivity contribution in [1.82, 2.24) is 9.78 Å². The van der Waals surface area contributed by atoms with Crippen LogP contribution >= 0.6 is 0 Å². The normalized spacial score (nSPS) is 10.3. The van der Waals surface area contributed by atoms with Gasteiger partial charge in [-0.05, 0) is 17.7 Å². The first kappa shape index (κ1) is 12.9. The molecule has 0 saturated carbocycles. The van der Waals surface area contributed by atoms with Crippen molar-refractivity contribution in [3.05, 3.63) is 30.1 Å². The predicted octanol–water partition coefficient (Wildman–Crippen LogP) is 1.80. The molecule has 0 aliphatic rings. The molecule has 2 rings (SSSR count). The first-order valence-electron chi connectivity index (χ1n) is 5.55. The Kier molecular flexibility index (Phi) is 3.41. The molecule has 19 heavy (non-hydrogen) atoms. The molecule has 0 aliphatic carbocycles. The molecule has 1 heterocycles. The number of carboxylic acids is 1. The van der Waals surface area contributed by atoms with Gasteiger partial charge in [-0.2, -0.15) is 5.10 Å². The number of benzene rings is 1. The van der Waals surface area contributed by atoms with E-state index in [0.717, 1.165) is 5.56 Å². The summed E-state index contributed by atoms with van der Waals surface area (Å²) >= 11 is 0. The van der Waals surface area contributed by atoms with Gasteiger partial charge < -0.3 is 14.6 Å². The molecule has 6 nitrogen and oxygen atoms in total. The highest BCUT2D eigenvalue weighted by Gasteiger charge is 2.18. The van der Waals surface area contributed by atoms with Gasteiger partial charge >= 0.3 is 5.97 Å². The van der Waals surface area contributed by atoms with Crippen LogP contribution in [0.15, 0.2) is 24.5 Å². The average molecular weight is 262 g/mol. The molecule has 2 aromatic rings. The molecule has 0 atom stereocenters. The number of aromatic nitrogens is 2. The number of carbonyl (C=O) groups is 1. The minimum Gasteiger partial charge on any atom is -0.493 e. The summed E-state index contributed by atoms with van der Waals surface area (Å²) in [6.07, 6.45) is 3.46. The standard InChI is InChI=1S/C13H14N2O4/c1-15-7-9(6-14-15)8-4-10(13(16)17)12(19-3)11(5-8)18-2/h4-7H,1-3H3,(H,16,17). The fourth-order valence-electron chi connectivity index (χ4n) is 1.86. The lowest BCUT2D eigenvalue weighted by atomic mass is 10.0. The zero-order valence-corrected chi connectivity index (χ0v) is 10.9. The van der Waals surface area contributed by atoms with Crippen molar-refractivity contribution in [3.63, 3.8) is 0 Å². The topological polar surface area (TPSA) is 73.6 Å². The van der Waals surface area contributed by atoms with Gasteiger partial charge in [-0.25, -0.2) is 4.79 Å². The molecule has 6 heteroatoms. The van der Waals surface area contributed by atoms with Gasteiger partial charge in [0, 0.05) is 18.8 Å². The fourth-order valence-corrected chi connectivity index (χ4v) is 1.86. The SMILES string of the molecule is COc1cc(-c2cnn(C)c2)cc(C(=O)O)c1OC. The van der Waals surface area contributed by atoms with Crippen molar-refractivity contribution in [2.75, 3.05) is 14.2 Å². The Morgan fingerprint density at radius 2 is 2.00 bits per heavy atom. The van der Waals surface area contributed by atoms with Crippen molar-refractivity contribution < 1.29 is 19.4 Å². The molecule has 0 unspecified atom stereocenters. The number of rotatable bonds is 4. The first-order valence-corrected chi connectivity index (χ1v) is 5.55. The molecule has 0 amide bonds. The quantitative estimate of drug-likeness (QED) is 0.909. The number of carboxylic acid groups (broad SMARTS) is 1. The third kappa shape index (κ3) is 2.37. The van der Waals surface area contributed by atoms with Crippen molar-refractivity contribution in [2.45, 2.75) is 0 Å². The molecule has 1 aromatic carbocycles. The Hall–Kier alpha value is -2.50. The fraction of sp³-hybridized carbons (Fsp3) is 0.231. The smallest absolute Gasteiger partial charge is 0.339 e. The maximum absolute atomic E-state index is 11.3. The zero-order valence-electron chi connectivity index (χ0n) is 10.9. The van der Waals surface area contributed by atoms with Crippen LogP contribution in [0, 0.1) is 0 Å². The van der Waals surface area contributed by atoms with E-state index < -0.39 is 5.97 Å². The molecular weight excluding hydrogens is 248 g/mol. The van der Waals surface area contributed by atoms with Crippen LogP contribution in [-0.2, 0) is 7.05 Å². The summed E-state index contributed by atoms with van der Waals surface area (Å²) < 4.78 is 11.9. The molecule has 0 fully saturated rings. The summed E-state index contributed by atoms with van der Waals surface area (Å²) in [5, 5.41) is 13.3. The average Bonchev–Trinajstić information content (AvgIpc) is 2.83. The minimum absolute atomic E-state index is 0.0562. The van der Waals surface area contributed by atoms with Crippen LogP contribution in [0.2, 0.25) is 0 Å². The van der Waals surface area contributed by atoms with Crippen molar-refractivity contribution in [2.24, 2.45) is 7.05 Å². The summed E-state index contributed by atoms with van der Waals surface area (Å²) in [4.78, 5) is 11.3. The number of nitrogens with zero attached hydrogens (tertiary/aromatic N) is 2. The van der Waals surface area contributed by atoms with Crippen LogP contribution in [-0.4, -0.2) is 35.1 Å². The van der Waals surface area contributed by atoms with Gasteiger partial charge in [-0.15, -0.1) is 0 Å². The second-order valence-corrected chi connectivity index (χ2v) is 3.97. The van der Waals surface area contributed by atoms with Gasteiger partial charge in [0.05, 0.1) is 20.4 Å². The Morgan fingerprint density at radius 3 is 2.47 bits per heavy atom. The Morgan fingerprint density at radius 1 is 1.26 bits per heavy atom. The van der Waals surface area contributed by atoms with Crippen LogP contribution in [0.5, 0.6) is 11.5 Å². The van der Waals surface area contributed by atoms with Gasteiger partial charge in [0.1, 0.15) is 5.56 Å². The third-order valence-electron chi connectivity index (χ3n) is 2.75. The van der Waals surface area contributed by atoms with Gasteiger partial charge in [0.2, 0.25) is 0 Å². The molecule has 1 aromatic heterocycles. The van der Waals surface area contributed by atoms with Crippen LogP contribution in [0.3, 0.4) is 0 Å². The van der Waals surface area contributed by atoms with E-state index in [-0.39, 0.29) is 11.3 Å². The lowest BCUT2D eigenvalue weighted by Crippen LogP contribution is -2.03. The van der Waals surface area contributed by atoms with Gasteiger partial charge in [-0.3, -0.25) is 4.68 Å². The first-order chi connectivity index (χ1) is 9.06. The van der Waals surface area contributed by atoms with E-state index in [1.807, 2.05) is 0 Å². The van der Waals surface area contributed by atoms with Crippen LogP contribution < -0.4 is 9.47 Å². The van der Waals surface area contributed by atoms with E-state index in [2.05, 4.69) is 5.10 Å². The highest BCUT2D eigenvalue weighted by Crippen LogP contribution is 2.36. The Balaban J connectivity index is 2.64. The van der Waals surface area contributed by atoms with E-state index in [4.69, 9.17) is 9.47 Å². The van der Waals surface area contributed by atoms with E-state index >= 15 is 0 Å². The number of aromatic carboxylic acids is 1. The summed E-state index contributed by atoms with van der Waals surface area (Å²) in [5.74, 6) is -0.482. The zero-order chi connectivity index (χ0) is 14.0. The number of methoxy groups -OCH3 is 2. The van der Waals surface area contributed by atoms with E-state index in [0.29, 0.717) is 11.3 Å². The second-order valence-electron chi connectivity index (χ2n) is 3.97. The molecule has 0 radical (unpaired) electrons. The molecule has 1 N–H and O–H groups in total. The number of aryl methyl sites for hydroxylation is 1. The molecule has 100 valence electrons. The largest absolute Gasteiger partial charge is 0.493 e. The second kappa shape index (κ2) is 5.01. The van der Waals surface area contributed by atoms with Crippen LogP contribution in [0.1, 0.15) is 10.4 Å². The van der Waals surface area contributed by atoms with Crippen molar-refractivity contribution >= 4 is 5.97 Å². The maximum Gasteiger partial charge on any atom is 0.339 e. The number of hydrogen-bond donors (Lipinski definition) is 1. The summed E-state index contributed by atoms with van der Waals surface area (Å²) in [6, 6.07) is 3.27. The van der Waals surface area contributed by atoms with E-state index in [9.17, 15) is 9.90 Å². The molecule has 0 spiro atoms. The molecule has 0 aliphatic heterocycles. The summed E-state index contributed by atoms with van der Waals surface area (Å²) in [7, 11) is 4.67.